The van der Waals surface area contributed by atoms with Crippen molar-refractivity contribution in [2.45, 2.75) is 31.5 Å². The molecule has 0 radical (unpaired) electrons. The number of hydrogen-bond acceptors (Lipinski definition) is 5. The van der Waals surface area contributed by atoms with Gasteiger partial charge in [0, 0.05) is 36.8 Å². The monoisotopic (exact) mass is 338 g/mol. The Bertz CT molecular complexity index is 819. The summed E-state index contributed by atoms with van der Waals surface area (Å²) in [6.45, 7) is 1.98. The van der Waals surface area contributed by atoms with Gasteiger partial charge >= 0.3 is 0 Å². The van der Waals surface area contributed by atoms with Gasteiger partial charge in [0.05, 0.1) is 11.6 Å². The second-order valence-corrected chi connectivity index (χ2v) is 6.44. The zero-order valence-corrected chi connectivity index (χ0v) is 13.8. The molecule has 0 bridgehead atoms. The zero-order chi connectivity index (χ0) is 17.2. The summed E-state index contributed by atoms with van der Waals surface area (Å²) >= 11 is 0. The average Bonchev–Trinajstić information content (AvgIpc) is 2.61. The number of halogens is 1. The van der Waals surface area contributed by atoms with Gasteiger partial charge in [0.15, 0.2) is 0 Å². The van der Waals surface area contributed by atoms with Crippen molar-refractivity contribution in [2.75, 3.05) is 18.0 Å². The van der Waals surface area contributed by atoms with Crippen LogP contribution >= 0.6 is 0 Å². The Balaban J connectivity index is 1.46. The molecule has 5 nitrogen and oxygen atoms in total. The van der Waals surface area contributed by atoms with Crippen molar-refractivity contribution in [2.24, 2.45) is 0 Å². The van der Waals surface area contributed by atoms with Gasteiger partial charge in [0.1, 0.15) is 18.2 Å². The van der Waals surface area contributed by atoms with Crippen LogP contribution < -0.4 is 15.0 Å². The molecule has 6 heteroatoms. The Labute approximate surface area is 146 Å². The highest BCUT2D eigenvalue weighted by Crippen LogP contribution is 2.31. The second-order valence-electron chi connectivity index (χ2n) is 6.44. The smallest absolute Gasteiger partial charge is 0.215 e. The van der Waals surface area contributed by atoms with Gasteiger partial charge in [-0.25, -0.2) is 4.39 Å². The highest BCUT2D eigenvalue weighted by atomic mass is 19.1. The van der Waals surface area contributed by atoms with Crippen molar-refractivity contribution in [1.82, 2.24) is 10.3 Å². The Morgan fingerprint density at radius 1 is 1.32 bits per heavy atom. The molecule has 2 atom stereocenters. The summed E-state index contributed by atoms with van der Waals surface area (Å²) < 4.78 is 19.6. The molecule has 0 amide bonds. The molecular formula is C19H19FN4O. The van der Waals surface area contributed by atoms with Crippen molar-refractivity contribution in [3.63, 3.8) is 0 Å². The molecule has 1 saturated carbocycles. The number of rotatable bonds is 4. The number of anilines is 1. The van der Waals surface area contributed by atoms with Crippen molar-refractivity contribution < 1.29 is 9.13 Å². The van der Waals surface area contributed by atoms with E-state index in [1.54, 1.807) is 18.2 Å². The number of nitrogens with zero attached hydrogens (tertiary/aromatic N) is 3. The van der Waals surface area contributed by atoms with Crippen LogP contribution in [0, 0.1) is 17.1 Å². The number of benzene rings is 1. The first-order valence-electron chi connectivity index (χ1n) is 8.53. The minimum absolute atomic E-state index is 0.0849. The number of nitrogens with one attached hydrogen (secondary N) is 1. The van der Waals surface area contributed by atoms with E-state index in [0.29, 0.717) is 29.1 Å². The number of hydrogen-bond donors (Lipinski definition) is 1. The van der Waals surface area contributed by atoms with E-state index < -0.39 is 5.82 Å². The molecule has 1 N–H and O–H groups in total. The summed E-state index contributed by atoms with van der Waals surface area (Å²) in [5, 5.41) is 12.3. The van der Waals surface area contributed by atoms with Gasteiger partial charge in [0.25, 0.3) is 0 Å². The first-order chi connectivity index (χ1) is 12.2. The lowest BCUT2D eigenvalue weighted by Gasteiger charge is -2.49. The van der Waals surface area contributed by atoms with Crippen LogP contribution in [0.15, 0.2) is 36.4 Å². The van der Waals surface area contributed by atoms with Gasteiger partial charge < -0.3 is 15.0 Å². The zero-order valence-electron chi connectivity index (χ0n) is 13.8. The SMILES string of the molecule is N#Cc1ccc(COc2cccc(N3CCN[C@H]4CC[C@H]43)n2)c(F)c1. The molecule has 1 aliphatic carbocycles. The van der Waals surface area contributed by atoms with Crippen LogP contribution in [0.2, 0.25) is 0 Å². The molecule has 128 valence electrons. The largest absolute Gasteiger partial charge is 0.473 e. The van der Waals surface area contributed by atoms with Gasteiger partial charge in [-0.2, -0.15) is 10.2 Å². The summed E-state index contributed by atoms with van der Waals surface area (Å²) in [4.78, 5) is 6.93. The number of fused-ring (bicyclic) bond motifs is 1. The average molecular weight is 338 g/mol. The number of ether oxygens (including phenoxy) is 1. The number of nitriles is 1. The van der Waals surface area contributed by atoms with Crippen molar-refractivity contribution >= 4 is 5.82 Å². The minimum atomic E-state index is -0.436. The lowest BCUT2D eigenvalue weighted by molar-refractivity contribution is 0.238. The fourth-order valence-corrected chi connectivity index (χ4v) is 3.44. The standard InChI is InChI=1S/C19H19FN4O/c20-15-10-13(11-21)4-5-14(15)12-25-19-3-1-2-18(23-19)24-9-8-22-16-6-7-17(16)24/h1-5,10,16-17,22H,6-9,12H2/t16-,17+/m0/s1. The molecular weight excluding hydrogens is 319 g/mol. The maximum absolute atomic E-state index is 13.9. The van der Waals surface area contributed by atoms with Crippen LogP contribution in [0.4, 0.5) is 10.2 Å². The number of aromatic nitrogens is 1. The van der Waals surface area contributed by atoms with Gasteiger partial charge in [-0.05, 0) is 31.0 Å². The lowest BCUT2D eigenvalue weighted by atomic mass is 9.83. The molecule has 1 aliphatic heterocycles. The van der Waals surface area contributed by atoms with E-state index in [0.717, 1.165) is 18.9 Å². The molecule has 25 heavy (non-hydrogen) atoms. The van der Waals surface area contributed by atoms with Crippen LogP contribution in [-0.2, 0) is 6.61 Å². The van der Waals surface area contributed by atoms with Gasteiger partial charge in [-0.1, -0.05) is 12.1 Å². The maximum atomic E-state index is 13.9. The summed E-state index contributed by atoms with van der Waals surface area (Å²) in [5.41, 5.74) is 0.711. The summed E-state index contributed by atoms with van der Waals surface area (Å²) in [5.74, 6) is 0.958. The van der Waals surface area contributed by atoms with E-state index in [9.17, 15) is 4.39 Å². The molecule has 2 heterocycles. The Kier molecular flexibility index (Phi) is 4.24. The van der Waals surface area contributed by atoms with E-state index in [4.69, 9.17) is 10.00 Å². The molecule has 1 saturated heterocycles. The molecule has 2 fully saturated rings. The number of piperazine rings is 1. The lowest BCUT2D eigenvalue weighted by Crippen LogP contribution is -2.63. The maximum Gasteiger partial charge on any atom is 0.215 e. The fourth-order valence-electron chi connectivity index (χ4n) is 3.44. The molecule has 2 aromatic rings. The van der Waals surface area contributed by atoms with E-state index in [2.05, 4.69) is 15.2 Å². The predicted octanol–water partition coefficient (Wildman–Crippen LogP) is 2.61. The molecule has 0 unspecified atom stereocenters. The first kappa shape index (κ1) is 15.9. The van der Waals surface area contributed by atoms with Crippen LogP contribution in [0.3, 0.4) is 0 Å². The molecule has 1 aromatic heterocycles. The van der Waals surface area contributed by atoms with Crippen LogP contribution in [0.1, 0.15) is 24.0 Å². The van der Waals surface area contributed by atoms with Crippen LogP contribution in [0.25, 0.3) is 0 Å². The Morgan fingerprint density at radius 3 is 3.00 bits per heavy atom. The van der Waals surface area contributed by atoms with Crippen molar-refractivity contribution in [3.8, 4) is 11.9 Å². The highest BCUT2D eigenvalue weighted by Gasteiger charge is 2.38. The van der Waals surface area contributed by atoms with Crippen LogP contribution in [-0.4, -0.2) is 30.2 Å². The quantitative estimate of drug-likeness (QED) is 0.928. The van der Waals surface area contributed by atoms with E-state index in [1.165, 1.54) is 18.9 Å². The minimum Gasteiger partial charge on any atom is -0.473 e. The summed E-state index contributed by atoms with van der Waals surface area (Å²) in [7, 11) is 0. The topological polar surface area (TPSA) is 61.2 Å². The normalized spacial score (nSPS) is 21.8. The van der Waals surface area contributed by atoms with Crippen molar-refractivity contribution in [1.29, 1.82) is 5.26 Å². The van der Waals surface area contributed by atoms with Gasteiger partial charge in [-0.3, -0.25) is 0 Å². The highest BCUT2D eigenvalue weighted by molar-refractivity contribution is 5.44. The van der Waals surface area contributed by atoms with E-state index in [-0.39, 0.29) is 6.61 Å². The summed E-state index contributed by atoms with van der Waals surface area (Å²) in [6, 6.07) is 13.1. The summed E-state index contributed by atoms with van der Waals surface area (Å²) in [6.07, 6.45) is 2.40. The second kappa shape index (κ2) is 6.69. The van der Waals surface area contributed by atoms with Crippen molar-refractivity contribution in [3.05, 3.63) is 53.3 Å². The number of pyridine rings is 1. The van der Waals surface area contributed by atoms with Crippen LogP contribution in [0.5, 0.6) is 5.88 Å². The molecule has 2 aliphatic rings. The van der Waals surface area contributed by atoms with E-state index in [1.807, 2.05) is 18.2 Å². The fraction of sp³-hybridized carbons (Fsp3) is 0.368. The molecule has 4 rings (SSSR count). The van der Waals surface area contributed by atoms with Gasteiger partial charge in [0.2, 0.25) is 5.88 Å². The molecule has 1 aromatic carbocycles. The van der Waals surface area contributed by atoms with Gasteiger partial charge in [-0.15, -0.1) is 0 Å². The predicted molar refractivity (Wildman–Crippen MR) is 91.8 cm³/mol. The third-order valence-corrected chi connectivity index (χ3v) is 4.96. The molecule has 0 spiro atoms. The Morgan fingerprint density at radius 2 is 2.24 bits per heavy atom. The first-order valence-corrected chi connectivity index (χ1v) is 8.53. The van der Waals surface area contributed by atoms with E-state index >= 15 is 0 Å². The third kappa shape index (κ3) is 3.15. The Hall–Kier alpha value is -2.65. The third-order valence-electron chi connectivity index (χ3n) is 4.96.